The Morgan fingerprint density at radius 1 is 1.04 bits per heavy atom. The van der Waals surface area contributed by atoms with Crippen molar-refractivity contribution in [2.24, 2.45) is 5.41 Å². The van der Waals surface area contributed by atoms with Crippen LogP contribution >= 0.6 is 0 Å². The third kappa shape index (κ3) is 3.03. The lowest BCUT2D eigenvalue weighted by Gasteiger charge is -2.38. The number of nitrogens with one attached hydrogen (secondary N) is 2. The third-order valence-electron chi connectivity index (χ3n) is 7.08. The summed E-state index contributed by atoms with van der Waals surface area (Å²) in [6, 6.07) is 1.32. The van der Waals surface area contributed by atoms with Gasteiger partial charge in [-0.15, -0.1) is 0 Å². The largest absolute Gasteiger partial charge is 0.353 e. The smallest absolute Gasteiger partial charge is 0.319 e. The number of hydrogen-bond acceptors (Lipinski definition) is 3. The molecule has 2 N–H and O–H groups in total. The van der Waals surface area contributed by atoms with Crippen molar-refractivity contribution in [3.63, 3.8) is 0 Å². The molecule has 0 radical (unpaired) electrons. The summed E-state index contributed by atoms with van der Waals surface area (Å²) in [5.74, 6) is 0.249. The summed E-state index contributed by atoms with van der Waals surface area (Å²) in [5, 5.41) is 6.96. The van der Waals surface area contributed by atoms with Gasteiger partial charge in [0.1, 0.15) is 0 Å². The van der Waals surface area contributed by atoms with Crippen molar-refractivity contribution in [1.29, 1.82) is 0 Å². The van der Waals surface area contributed by atoms with Crippen LogP contribution in [0.25, 0.3) is 0 Å². The zero-order chi connectivity index (χ0) is 17.4. The fourth-order valence-corrected chi connectivity index (χ4v) is 5.45. The first-order valence-electron chi connectivity index (χ1n) is 10.2. The first kappa shape index (κ1) is 17.1. The van der Waals surface area contributed by atoms with E-state index in [1.165, 1.54) is 6.42 Å². The van der Waals surface area contributed by atoms with Crippen LogP contribution < -0.4 is 10.6 Å². The van der Waals surface area contributed by atoms with Gasteiger partial charge in [0.05, 0.1) is 5.41 Å². The predicted molar refractivity (Wildman–Crippen MR) is 96.2 cm³/mol. The number of nitrogens with zero attached hydrogens (tertiary/aromatic N) is 2. The molecule has 0 aromatic rings. The highest BCUT2D eigenvalue weighted by molar-refractivity contribution is 5.84. The standard InChI is InChI=1S/C19H32N4O2/c1-2-19(13-15-5-6-16(19)20-15)17(24)21-14-7-11-23(12-8-14)18(25)22-9-3-4-10-22/h14-16,20H,2-13H2,1H3,(H,21,24)/t15-,16+,19+/m0/s1. The molecule has 3 atom stereocenters. The van der Waals surface area contributed by atoms with Crippen molar-refractivity contribution in [3.05, 3.63) is 0 Å². The molecule has 4 fully saturated rings. The van der Waals surface area contributed by atoms with Gasteiger partial charge in [-0.2, -0.15) is 0 Å². The molecule has 4 saturated heterocycles. The normalized spacial score (nSPS) is 35.4. The second-order valence-electron chi connectivity index (χ2n) is 8.42. The van der Waals surface area contributed by atoms with E-state index in [1.807, 2.05) is 9.80 Å². The number of piperidine rings is 1. The summed E-state index contributed by atoms with van der Waals surface area (Å²) in [6.07, 6.45) is 8.29. The lowest BCUT2D eigenvalue weighted by molar-refractivity contribution is -0.133. The lowest BCUT2D eigenvalue weighted by atomic mass is 9.71. The fourth-order valence-electron chi connectivity index (χ4n) is 5.45. The Labute approximate surface area is 150 Å². The molecule has 4 rings (SSSR count). The molecule has 2 bridgehead atoms. The summed E-state index contributed by atoms with van der Waals surface area (Å²) in [4.78, 5) is 29.5. The molecule has 0 aromatic heterocycles. The van der Waals surface area contributed by atoms with Crippen molar-refractivity contribution < 1.29 is 9.59 Å². The zero-order valence-electron chi connectivity index (χ0n) is 15.4. The summed E-state index contributed by atoms with van der Waals surface area (Å²) in [5.41, 5.74) is -0.203. The van der Waals surface area contributed by atoms with Crippen LogP contribution in [0.1, 0.15) is 58.3 Å². The SMILES string of the molecule is CC[C@@]1(C(=O)NC2CCN(C(=O)N3CCCC3)CC2)C[C@@H]2CC[C@H]1N2. The number of urea groups is 1. The van der Waals surface area contributed by atoms with Crippen LogP contribution in [0.3, 0.4) is 0 Å². The summed E-state index contributed by atoms with van der Waals surface area (Å²) in [6.45, 7) is 5.50. The minimum Gasteiger partial charge on any atom is -0.353 e. The van der Waals surface area contributed by atoms with Crippen molar-refractivity contribution >= 4 is 11.9 Å². The van der Waals surface area contributed by atoms with Crippen LogP contribution in [0, 0.1) is 5.41 Å². The van der Waals surface area contributed by atoms with E-state index in [4.69, 9.17) is 0 Å². The molecule has 4 aliphatic rings. The molecule has 0 spiro atoms. The van der Waals surface area contributed by atoms with Gasteiger partial charge in [-0.1, -0.05) is 6.92 Å². The van der Waals surface area contributed by atoms with Crippen LogP contribution in [0.4, 0.5) is 4.79 Å². The molecular weight excluding hydrogens is 316 g/mol. The van der Waals surface area contributed by atoms with Crippen LogP contribution in [-0.4, -0.2) is 66.0 Å². The van der Waals surface area contributed by atoms with Gasteiger partial charge in [-0.25, -0.2) is 4.79 Å². The third-order valence-corrected chi connectivity index (χ3v) is 7.08. The number of amides is 3. The molecule has 140 valence electrons. The van der Waals surface area contributed by atoms with Crippen molar-refractivity contribution in [2.45, 2.75) is 76.4 Å². The molecule has 6 heteroatoms. The Morgan fingerprint density at radius 3 is 2.28 bits per heavy atom. The van der Waals surface area contributed by atoms with E-state index in [9.17, 15) is 9.59 Å². The van der Waals surface area contributed by atoms with Gasteiger partial charge in [-0.3, -0.25) is 4.79 Å². The summed E-state index contributed by atoms with van der Waals surface area (Å²) >= 11 is 0. The molecule has 0 aliphatic carbocycles. The average Bonchev–Trinajstić information content (AvgIpc) is 3.38. The second-order valence-corrected chi connectivity index (χ2v) is 8.42. The first-order valence-corrected chi connectivity index (χ1v) is 10.2. The monoisotopic (exact) mass is 348 g/mol. The summed E-state index contributed by atoms with van der Waals surface area (Å²) < 4.78 is 0. The zero-order valence-corrected chi connectivity index (χ0v) is 15.4. The fraction of sp³-hybridized carbons (Fsp3) is 0.895. The molecule has 4 aliphatic heterocycles. The molecule has 0 saturated carbocycles. The van der Waals surface area contributed by atoms with E-state index in [1.54, 1.807) is 0 Å². The number of carbonyl (C=O) groups excluding carboxylic acids is 2. The maximum atomic E-state index is 13.0. The molecule has 25 heavy (non-hydrogen) atoms. The van der Waals surface area contributed by atoms with E-state index >= 15 is 0 Å². The van der Waals surface area contributed by atoms with Gasteiger partial charge < -0.3 is 20.4 Å². The number of carbonyl (C=O) groups is 2. The van der Waals surface area contributed by atoms with Crippen LogP contribution in [-0.2, 0) is 4.79 Å². The molecule has 6 nitrogen and oxygen atoms in total. The van der Waals surface area contributed by atoms with Gasteiger partial charge in [0.25, 0.3) is 0 Å². The highest BCUT2D eigenvalue weighted by Crippen LogP contribution is 2.46. The molecule has 3 amide bonds. The second kappa shape index (κ2) is 6.78. The lowest BCUT2D eigenvalue weighted by Crippen LogP contribution is -2.54. The van der Waals surface area contributed by atoms with Crippen LogP contribution in [0.5, 0.6) is 0 Å². The Hall–Kier alpha value is -1.30. The summed E-state index contributed by atoms with van der Waals surface area (Å²) in [7, 11) is 0. The Kier molecular flexibility index (Phi) is 4.65. The van der Waals surface area contributed by atoms with E-state index in [2.05, 4.69) is 17.6 Å². The molecular formula is C19H32N4O2. The first-order chi connectivity index (χ1) is 12.1. The Morgan fingerprint density at radius 2 is 1.72 bits per heavy atom. The molecule has 0 aromatic carbocycles. The van der Waals surface area contributed by atoms with Crippen LogP contribution in [0.15, 0.2) is 0 Å². The maximum absolute atomic E-state index is 13.0. The van der Waals surface area contributed by atoms with Crippen molar-refractivity contribution in [1.82, 2.24) is 20.4 Å². The minimum absolute atomic E-state index is 0.199. The highest BCUT2D eigenvalue weighted by atomic mass is 16.2. The van der Waals surface area contributed by atoms with Gasteiger partial charge in [0.15, 0.2) is 0 Å². The van der Waals surface area contributed by atoms with Crippen molar-refractivity contribution in [3.8, 4) is 0 Å². The molecule has 0 unspecified atom stereocenters. The average molecular weight is 348 g/mol. The van der Waals surface area contributed by atoms with Crippen molar-refractivity contribution in [2.75, 3.05) is 26.2 Å². The van der Waals surface area contributed by atoms with Crippen LogP contribution in [0.2, 0.25) is 0 Å². The van der Waals surface area contributed by atoms with E-state index in [-0.39, 0.29) is 23.4 Å². The van der Waals surface area contributed by atoms with Gasteiger partial charge in [0, 0.05) is 44.3 Å². The van der Waals surface area contributed by atoms with E-state index < -0.39 is 0 Å². The quantitative estimate of drug-likeness (QED) is 0.816. The molecule has 4 heterocycles. The Balaban J connectivity index is 1.29. The van der Waals surface area contributed by atoms with Gasteiger partial charge in [-0.05, 0) is 51.4 Å². The minimum atomic E-state index is -0.203. The number of likely N-dealkylation sites (tertiary alicyclic amines) is 2. The Bertz CT molecular complexity index is 526. The van der Waals surface area contributed by atoms with E-state index in [0.29, 0.717) is 12.1 Å². The number of fused-ring (bicyclic) bond motifs is 2. The highest BCUT2D eigenvalue weighted by Gasteiger charge is 2.54. The number of rotatable bonds is 3. The topological polar surface area (TPSA) is 64.7 Å². The maximum Gasteiger partial charge on any atom is 0.319 e. The number of hydrogen-bond donors (Lipinski definition) is 2. The van der Waals surface area contributed by atoms with E-state index in [0.717, 1.165) is 71.1 Å². The van der Waals surface area contributed by atoms with Gasteiger partial charge in [0.2, 0.25) is 5.91 Å². The predicted octanol–water partition coefficient (Wildman–Crippen LogP) is 1.70. The van der Waals surface area contributed by atoms with Gasteiger partial charge >= 0.3 is 6.03 Å².